The summed E-state index contributed by atoms with van der Waals surface area (Å²) in [6.07, 6.45) is 4.72. The Bertz CT molecular complexity index is 756. The molecule has 0 aliphatic carbocycles. The third-order valence-corrected chi connectivity index (χ3v) is 5.20. The van der Waals surface area contributed by atoms with Crippen molar-refractivity contribution >= 4 is 5.91 Å². The fourth-order valence-electron chi connectivity index (χ4n) is 3.77. The number of aromatic nitrogens is 3. The Labute approximate surface area is 152 Å². The topological polar surface area (TPSA) is 69.5 Å². The van der Waals surface area contributed by atoms with E-state index in [0.717, 1.165) is 24.2 Å². The Kier molecular flexibility index (Phi) is 4.63. The van der Waals surface area contributed by atoms with Crippen LogP contribution in [0.15, 0.2) is 36.9 Å². The van der Waals surface area contributed by atoms with Crippen LogP contribution < -0.4 is 4.74 Å². The largest absolute Gasteiger partial charge is 0.485 e. The molecule has 2 aliphatic heterocycles. The van der Waals surface area contributed by atoms with Crippen LogP contribution in [0.5, 0.6) is 5.75 Å². The van der Waals surface area contributed by atoms with Crippen LogP contribution in [0.4, 0.5) is 0 Å². The van der Waals surface area contributed by atoms with Crippen LogP contribution in [-0.2, 0) is 22.6 Å². The minimum atomic E-state index is -0.368. The van der Waals surface area contributed by atoms with E-state index >= 15 is 0 Å². The number of ether oxygens (including phenoxy) is 2. The number of amides is 1. The minimum absolute atomic E-state index is 0.117. The van der Waals surface area contributed by atoms with Crippen molar-refractivity contribution in [1.29, 1.82) is 0 Å². The van der Waals surface area contributed by atoms with Gasteiger partial charge in [0.15, 0.2) is 0 Å². The number of para-hydroxylation sites is 1. The summed E-state index contributed by atoms with van der Waals surface area (Å²) in [5.41, 5.74) is 0.685. The van der Waals surface area contributed by atoms with Gasteiger partial charge >= 0.3 is 0 Å². The van der Waals surface area contributed by atoms with Crippen molar-refractivity contribution < 1.29 is 14.3 Å². The average Bonchev–Trinajstić information content (AvgIpc) is 3.10. The first-order valence-corrected chi connectivity index (χ1v) is 9.11. The third-order valence-electron chi connectivity index (χ3n) is 5.20. The van der Waals surface area contributed by atoms with Gasteiger partial charge in [-0.05, 0) is 6.07 Å². The zero-order chi connectivity index (χ0) is 18.0. The number of hydrogen-bond donors (Lipinski definition) is 0. The lowest BCUT2D eigenvalue weighted by Gasteiger charge is -2.39. The van der Waals surface area contributed by atoms with Gasteiger partial charge < -0.3 is 14.4 Å². The SMILES string of the molecule is C[C@@H](Cn1cncn1)C(=O)N1Cc2ccccc2OC2(CCOCC2)C1. The van der Waals surface area contributed by atoms with Crippen molar-refractivity contribution in [3.05, 3.63) is 42.5 Å². The van der Waals surface area contributed by atoms with E-state index in [1.54, 1.807) is 11.0 Å². The second kappa shape index (κ2) is 7.07. The molecule has 1 atom stereocenters. The minimum Gasteiger partial charge on any atom is -0.485 e. The smallest absolute Gasteiger partial charge is 0.227 e. The van der Waals surface area contributed by atoms with E-state index in [9.17, 15) is 4.79 Å². The molecule has 4 rings (SSSR count). The van der Waals surface area contributed by atoms with E-state index in [1.807, 2.05) is 36.1 Å². The van der Waals surface area contributed by atoms with Crippen molar-refractivity contribution in [3.63, 3.8) is 0 Å². The molecule has 2 aliphatic rings. The Morgan fingerprint density at radius 3 is 2.88 bits per heavy atom. The van der Waals surface area contributed by atoms with E-state index in [1.165, 1.54) is 6.33 Å². The molecule has 2 aromatic rings. The molecule has 0 saturated carbocycles. The van der Waals surface area contributed by atoms with Crippen LogP contribution in [0.25, 0.3) is 0 Å². The highest BCUT2D eigenvalue weighted by Crippen LogP contribution is 2.35. The maximum Gasteiger partial charge on any atom is 0.227 e. The van der Waals surface area contributed by atoms with Crippen molar-refractivity contribution in [2.75, 3.05) is 19.8 Å². The molecule has 0 radical (unpaired) electrons. The van der Waals surface area contributed by atoms with Gasteiger partial charge in [-0.15, -0.1) is 0 Å². The predicted molar refractivity (Wildman–Crippen MR) is 94.5 cm³/mol. The summed E-state index contributed by atoms with van der Waals surface area (Å²) in [4.78, 5) is 19.1. The standard InChI is InChI=1S/C19H24N4O3/c1-15(10-23-14-20-13-21-23)18(24)22-11-16-4-2-3-5-17(16)26-19(12-22)6-8-25-9-7-19/h2-5,13-15H,6-12H2,1H3/t15-/m0/s1. The molecule has 1 fully saturated rings. The Morgan fingerprint density at radius 2 is 2.12 bits per heavy atom. The summed E-state index contributed by atoms with van der Waals surface area (Å²) in [6.45, 7) is 4.95. The number of benzene rings is 1. The lowest BCUT2D eigenvalue weighted by molar-refractivity contribution is -0.140. The highest BCUT2D eigenvalue weighted by Gasteiger charge is 2.41. The fraction of sp³-hybridized carbons (Fsp3) is 0.526. The molecule has 1 aromatic carbocycles. The first kappa shape index (κ1) is 17.0. The van der Waals surface area contributed by atoms with Crippen LogP contribution >= 0.6 is 0 Å². The second-order valence-electron chi connectivity index (χ2n) is 7.22. The summed E-state index contributed by atoms with van der Waals surface area (Å²) in [6, 6.07) is 8.01. The maximum atomic E-state index is 13.2. The number of hydrogen-bond acceptors (Lipinski definition) is 5. The molecule has 1 saturated heterocycles. The number of rotatable bonds is 3. The van der Waals surface area contributed by atoms with E-state index in [-0.39, 0.29) is 17.4 Å². The number of carbonyl (C=O) groups excluding carboxylic acids is 1. The molecule has 26 heavy (non-hydrogen) atoms. The summed E-state index contributed by atoms with van der Waals surface area (Å²) in [5.74, 6) is 0.819. The molecule has 3 heterocycles. The quantitative estimate of drug-likeness (QED) is 0.840. The van der Waals surface area contributed by atoms with E-state index < -0.39 is 0 Å². The number of carbonyl (C=O) groups is 1. The van der Waals surface area contributed by atoms with Gasteiger partial charge in [0.05, 0.1) is 32.2 Å². The fourth-order valence-corrected chi connectivity index (χ4v) is 3.77. The maximum absolute atomic E-state index is 13.2. The van der Waals surface area contributed by atoms with Gasteiger partial charge in [0, 0.05) is 24.9 Å². The van der Waals surface area contributed by atoms with Crippen molar-refractivity contribution in [2.24, 2.45) is 5.92 Å². The zero-order valence-corrected chi connectivity index (χ0v) is 15.0. The van der Waals surface area contributed by atoms with Gasteiger partial charge in [-0.1, -0.05) is 25.1 Å². The summed E-state index contributed by atoms with van der Waals surface area (Å²) in [7, 11) is 0. The predicted octanol–water partition coefficient (Wildman–Crippen LogP) is 1.88. The molecule has 1 spiro atoms. The molecule has 1 aromatic heterocycles. The highest BCUT2D eigenvalue weighted by atomic mass is 16.5. The van der Waals surface area contributed by atoms with Crippen LogP contribution in [0.3, 0.4) is 0 Å². The molecule has 0 unspecified atom stereocenters. The van der Waals surface area contributed by atoms with Gasteiger partial charge in [-0.25, -0.2) is 4.98 Å². The van der Waals surface area contributed by atoms with Crippen molar-refractivity contribution in [2.45, 2.75) is 38.5 Å². The average molecular weight is 356 g/mol. The first-order chi connectivity index (χ1) is 12.7. The monoisotopic (exact) mass is 356 g/mol. The molecular weight excluding hydrogens is 332 g/mol. The van der Waals surface area contributed by atoms with Gasteiger partial charge in [0.2, 0.25) is 5.91 Å². The summed E-state index contributed by atoms with van der Waals surface area (Å²) in [5, 5.41) is 4.12. The van der Waals surface area contributed by atoms with Gasteiger partial charge in [0.25, 0.3) is 0 Å². The molecule has 1 amide bonds. The zero-order valence-electron chi connectivity index (χ0n) is 15.0. The van der Waals surface area contributed by atoms with Crippen LogP contribution in [0.1, 0.15) is 25.3 Å². The van der Waals surface area contributed by atoms with Gasteiger partial charge in [0.1, 0.15) is 24.0 Å². The summed E-state index contributed by atoms with van der Waals surface area (Å²) < 4.78 is 13.7. The molecule has 138 valence electrons. The molecule has 7 heteroatoms. The van der Waals surface area contributed by atoms with E-state index in [4.69, 9.17) is 9.47 Å². The lowest BCUT2D eigenvalue weighted by atomic mass is 9.93. The van der Waals surface area contributed by atoms with Crippen LogP contribution in [-0.4, -0.2) is 50.9 Å². The first-order valence-electron chi connectivity index (χ1n) is 9.11. The molecular formula is C19H24N4O3. The number of nitrogens with zero attached hydrogens (tertiary/aromatic N) is 4. The lowest BCUT2D eigenvalue weighted by Crippen LogP contribution is -2.51. The summed E-state index contributed by atoms with van der Waals surface area (Å²) >= 11 is 0. The Hall–Kier alpha value is -2.41. The third kappa shape index (κ3) is 3.44. The Balaban J connectivity index is 1.58. The normalized spacial score (nSPS) is 20.1. The second-order valence-corrected chi connectivity index (χ2v) is 7.22. The van der Waals surface area contributed by atoms with Crippen molar-refractivity contribution in [1.82, 2.24) is 19.7 Å². The van der Waals surface area contributed by atoms with Gasteiger partial charge in [-0.2, -0.15) is 5.10 Å². The molecule has 0 bridgehead atoms. The number of fused-ring (bicyclic) bond motifs is 1. The van der Waals surface area contributed by atoms with Crippen molar-refractivity contribution in [3.8, 4) is 5.75 Å². The van der Waals surface area contributed by atoms with Gasteiger partial charge in [-0.3, -0.25) is 9.48 Å². The van der Waals surface area contributed by atoms with E-state index in [2.05, 4.69) is 10.1 Å². The molecule has 0 N–H and O–H groups in total. The highest BCUT2D eigenvalue weighted by molar-refractivity contribution is 5.78. The molecule has 7 nitrogen and oxygen atoms in total. The van der Waals surface area contributed by atoms with Crippen LogP contribution in [0, 0.1) is 5.92 Å². The van der Waals surface area contributed by atoms with E-state index in [0.29, 0.717) is 32.8 Å². The van der Waals surface area contributed by atoms with Crippen LogP contribution in [0.2, 0.25) is 0 Å². The Morgan fingerprint density at radius 1 is 1.31 bits per heavy atom.